The van der Waals surface area contributed by atoms with Crippen molar-refractivity contribution in [1.29, 1.82) is 0 Å². The third-order valence-corrected chi connectivity index (χ3v) is 5.17. The summed E-state index contributed by atoms with van der Waals surface area (Å²) in [5, 5.41) is 0. The molecule has 0 heterocycles. The summed E-state index contributed by atoms with van der Waals surface area (Å²) in [6.45, 7) is 0.511. The van der Waals surface area contributed by atoms with Gasteiger partial charge in [0.25, 0.3) is 0 Å². The van der Waals surface area contributed by atoms with Gasteiger partial charge in [-0.3, -0.25) is 4.79 Å². The van der Waals surface area contributed by atoms with Crippen LogP contribution in [0.3, 0.4) is 0 Å². The number of hydrogen-bond donors (Lipinski definition) is 1. The second kappa shape index (κ2) is 8.64. The van der Waals surface area contributed by atoms with Crippen LogP contribution in [0.1, 0.15) is 12.0 Å². The fourth-order valence-corrected chi connectivity index (χ4v) is 3.31. The molecule has 2 rings (SSSR count). The molecule has 0 spiro atoms. The maximum Gasteiger partial charge on any atom is 0.240 e. The number of benzene rings is 2. The summed E-state index contributed by atoms with van der Waals surface area (Å²) in [6, 6.07) is 15.5. The first kappa shape index (κ1) is 19.0. The van der Waals surface area contributed by atoms with Gasteiger partial charge in [-0.15, -0.1) is 0 Å². The molecule has 0 unspecified atom stereocenters. The molecule has 2 aromatic carbocycles. The Morgan fingerprint density at radius 3 is 2.32 bits per heavy atom. The zero-order valence-corrected chi connectivity index (χ0v) is 15.1. The number of sulfonamides is 1. The van der Waals surface area contributed by atoms with Gasteiger partial charge in [-0.2, -0.15) is 0 Å². The molecule has 25 heavy (non-hydrogen) atoms. The molecular weight excluding hydrogens is 340 g/mol. The highest BCUT2D eigenvalue weighted by atomic mass is 32.2. The van der Waals surface area contributed by atoms with Gasteiger partial charge >= 0.3 is 0 Å². The maximum atomic E-state index is 12.2. The lowest BCUT2D eigenvalue weighted by molar-refractivity contribution is -0.130. The van der Waals surface area contributed by atoms with E-state index in [4.69, 9.17) is 4.74 Å². The summed E-state index contributed by atoms with van der Waals surface area (Å²) in [4.78, 5) is 13.9. The van der Waals surface area contributed by atoms with Gasteiger partial charge in [0.05, 0.1) is 12.0 Å². The molecular formula is C18H22N2O4S. The highest BCUT2D eigenvalue weighted by Gasteiger charge is 2.15. The highest BCUT2D eigenvalue weighted by Crippen LogP contribution is 2.13. The van der Waals surface area contributed by atoms with E-state index < -0.39 is 10.0 Å². The molecule has 0 atom stereocenters. The number of hydrogen-bond acceptors (Lipinski definition) is 4. The Hall–Kier alpha value is -2.38. The third kappa shape index (κ3) is 5.58. The van der Waals surface area contributed by atoms with E-state index in [2.05, 4.69) is 4.72 Å². The smallest absolute Gasteiger partial charge is 0.240 e. The van der Waals surface area contributed by atoms with E-state index in [0.29, 0.717) is 6.54 Å². The molecule has 0 aromatic heterocycles. The lowest BCUT2D eigenvalue weighted by Crippen LogP contribution is -2.31. The topological polar surface area (TPSA) is 75.7 Å². The van der Waals surface area contributed by atoms with Crippen LogP contribution in [-0.4, -0.2) is 39.9 Å². The minimum absolute atomic E-state index is 0.0585. The zero-order chi connectivity index (χ0) is 18.3. The number of methoxy groups -OCH3 is 1. The SMILES string of the molecule is COc1ccc(CN(C)C(=O)CCNS(=O)(=O)c2ccccc2)cc1. The second-order valence-electron chi connectivity index (χ2n) is 5.56. The normalized spacial score (nSPS) is 11.1. The molecule has 0 aliphatic heterocycles. The van der Waals surface area contributed by atoms with Crippen LogP contribution in [0, 0.1) is 0 Å². The van der Waals surface area contributed by atoms with Crippen molar-refractivity contribution in [2.45, 2.75) is 17.9 Å². The van der Waals surface area contributed by atoms with E-state index >= 15 is 0 Å². The molecule has 2 aromatic rings. The Balaban J connectivity index is 1.83. The molecule has 7 heteroatoms. The van der Waals surface area contributed by atoms with Gasteiger partial charge in [-0.1, -0.05) is 30.3 Å². The fraction of sp³-hybridized carbons (Fsp3) is 0.278. The number of rotatable bonds is 8. The first-order valence-electron chi connectivity index (χ1n) is 7.84. The molecule has 0 fully saturated rings. The lowest BCUT2D eigenvalue weighted by Gasteiger charge is -2.17. The standard InChI is InChI=1S/C18H22N2O4S/c1-20(14-15-8-10-16(24-2)11-9-15)18(21)12-13-19-25(22,23)17-6-4-3-5-7-17/h3-11,19H,12-14H2,1-2H3. The van der Waals surface area contributed by atoms with Gasteiger partial charge in [0, 0.05) is 26.6 Å². The van der Waals surface area contributed by atoms with Crippen LogP contribution in [0.4, 0.5) is 0 Å². The van der Waals surface area contributed by atoms with E-state index in [9.17, 15) is 13.2 Å². The van der Waals surface area contributed by atoms with Gasteiger partial charge in [-0.05, 0) is 29.8 Å². The number of carbonyl (C=O) groups is 1. The number of amides is 1. The van der Waals surface area contributed by atoms with Crippen LogP contribution in [0.5, 0.6) is 5.75 Å². The summed E-state index contributed by atoms with van der Waals surface area (Å²) in [6.07, 6.45) is 0.0960. The quantitative estimate of drug-likeness (QED) is 0.780. The van der Waals surface area contributed by atoms with Crippen LogP contribution in [0.2, 0.25) is 0 Å². The predicted octanol–water partition coefficient (Wildman–Crippen LogP) is 2.02. The van der Waals surface area contributed by atoms with Crippen molar-refractivity contribution < 1.29 is 17.9 Å². The number of ether oxygens (including phenoxy) is 1. The summed E-state index contributed by atoms with van der Waals surface area (Å²) in [7, 11) is -0.292. The molecule has 1 amide bonds. The molecule has 1 N–H and O–H groups in total. The summed E-state index contributed by atoms with van der Waals surface area (Å²) in [5.41, 5.74) is 0.974. The van der Waals surface area contributed by atoms with Gasteiger partial charge in [-0.25, -0.2) is 13.1 Å². The number of carbonyl (C=O) groups excluding carboxylic acids is 1. The van der Waals surface area contributed by atoms with Crippen LogP contribution >= 0.6 is 0 Å². The zero-order valence-electron chi connectivity index (χ0n) is 14.3. The molecule has 6 nitrogen and oxygen atoms in total. The van der Waals surface area contributed by atoms with E-state index in [1.165, 1.54) is 12.1 Å². The molecule has 0 aliphatic carbocycles. The molecule has 0 bridgehead atoms. The maximum absolute atomic E-state index is 12.2. The average molecular weight is 362 g/mol. The van der Waals surface area contributed by atoms with Crippen molar-refractivity contribution >= 4 is 15.9 Å². The number of nitrogens with one attached hydrogen (secondary N) is 1. The van der Waals surface area contributed by atoms with Crippen LogP contribution in [0.25, 0.3) is 0 Å². The Labute approximate surface area is 148 Å². The Morgan fingerprint density at radius 1 is 1.08 bits per heavy atom. The van der Waals surface area contributed by atoms with Crippen molar-refractivity contribution in [1.82, 2.24) is 9.62 Å². The molecule has 0 saturated carbocycles. The minimum Gasteiger partial charge on any atom is -0.497 e. The van der Waals surface area contributed by atoms with E-state index in [1.807, 2.05) is 24.3 Å². The monoisotopic (exact) mass is 362 g/mol. The van der Waals surface area contributed by atoms with Crippen LogP contribution in [-0.2, 0) is 21.4 Å². The fourth-order valence-electron chi connectivity index (χ4n) is 2.26. The Morgan fingerprint density at radius 2 is 1.72 bits per heavy atom. The van der Waals surface area contributed by atoms with Gasteiger partial charge in [0.1, 0.15) is 5.75 Å². The summed E-state index contributed by atoms with van der Waals surface area (Å²) >= 11 is 0. The molecule has 0 saturated heterocycles. The van der Waals surface area contributed by atoms with Gasteiger partial charge < -0.3 is 9.64 Å². The van der Waals surface area contributed by atoms with Crippen LogP contribution in [0.15, 0.2) is 59.5 Å². The average Bonchev–Trinajstić information content (AvgIpc) is 2.63. The first-order chi connectivity index (χ1) is 11.9. The van der Waals surface area contributed by atoms with E-state index in [-0.39, 0.29) is 23.8 Å². The Kier molecular flexibility index (Phi) is 6.55. The largest absolute Gasteiger partial charge is 0.497 e. The van der Waals surface area contributed by atoms with E-state index in [0.717, 1.165) is 11.3 Å². The van der Waals surface area contributed by atoms with Crippen LogP contribution < -0.4 is 9.46 Å². The second-order valence-corrected chi connectivity index (χ2v) is 7.33. The first-order valence-corrected chi connectivity index (χ1v) is 9.32. The Bertz CT molecular complexity index is 790. The van der Waals surface area contributed by atoms with Crippen molar-refractivity contribution in [3.05, 3.63) is 60.2 Å². The highest BCUT2D eigenvalue weighted by molar-refractivity contribution is 7.89. The molecule has 134 valence electrons. The molecule has 0 aliphatic rings. The van der Waals surface area contributed by atoms with Gasteiger partial charge in [0.15, 0.2) is 0 Å². The third-order valence-electron chi connectivity index (χ3n) is 3.69. The van der Waals surface area contributed by atoms with Crippen molar-refractivity contribution in [2.75, 3.05) is 20.7 Å². The van der Waals surface area contributed by atoms with Crippen molar-refractivity contribution in [2.24, 2.45) is 0 Å². The minimum atomic E-state index is -3.58. The van der Waals surface area contributed by atoms with Gasteiger partial charge in [0.2, 0.25) is 15.9 Å². The number of nitrogens with zero attached hydrogens (tertiary/aromatic N) is 1. The lowest BCUT2D eigenvalue weighted by atomic mass is 10.2. The summed E-state index contributed by atoms with van der Waals surface area (Å²) in [5.74, 6) is 0.625. The van der Waals surface area contributed by atoms with E-state index in [1.54, 1.807) is 37.3 Å². The molecule has 0 radical (unpaired) electrons. The summed E-state index contributed by atoms with van der Waals surface area (Å²) < 4.78 is 31.7. The van der Waals surface area contributed by atoms with Crippen molar-refractivity contribution in [3.8, 4) is 5.75 Å². The van der Waals surface area contributed by atoms with Crippen molar-refractivity contribution in [3.63, 3.8) is 0 Å². The predicted molar refractivity (Wildman–Crippen MR) is 95.7 cm³/mol.